The first-order chi connectivity index (χ1) is 8.52. The van der Waals surface area contributed by atoms with Gasteiger partial charge < -0.3 is 17.2 Å². The molecule has 0 amide bonds. The van der Waals surface area contributed by atoms with E-state index in [2.05, 4.69) is 20.6 Å². The van der Waals surface area contributed by atoms with Crippen LogP contribution in [0.25, 0.3) is 0 Å². The quantitative estimate of drug-likeness (QED) is 0.228. The maximum absolute atomic E-state index is 5.50. The maximum Gasteiger partial charge on any atom is 0.223 e. The van der Waals surface area contributed by atoms with E-state index >= 15 is 0 Å². The van der Waals surface area contributed by atoms with E-state index in [1.165, 1.54) is 0 Å². The van der Waals surface area contributed by atoms with Crippen molar-refractivity contribution in [2.24, 2.45) is 38.1 Å². The van der Waals surface area contributed by atoms with Gasteiger partial charge in [0.25, 0.3) is 0 Å². The van der Waals surface area contributed by atoms with Crippen LogP contribution in [0.5, 0.6) is 0 Å². The molecule has 9 N–H and O–H groups in total. The van der Waals surface area contributed by atoms with Crippen LogP contribution in [0.15, 0.2) is 39.4 Å². The monoisotopic (exact) mass is 320 g/mol. The van der Waals surface area contributed by atoms with Crippen molar-refractivity contribution in [2.45, 2.75) is 6.92 Å². The fraction of sp³-hybridized carbons (Fsp3) is 0.100. The molecule has 0 aliphatic rings. The highest BCUT2D eigenvalue weighted by Gasteiger charge is 1.98. The molecule has 8 nitrogen and oxygen atoms in total. The number of nitrogens with one attached hydrogen (secondary N) is 1. The Morgan fingerprint density at radius 3 is 2.05 bits per heavy atom. The molecule has 0 fully saturated rings. The van der Waals surface area contributed by atoms with Crippen LogP contribution in [0.4, 0.5) is 5.69 Å². The SMILES string of the molecule is CC(=NNN)c1ccc(N=C(N)N=C(N)N)cc1.Cl.Cl. The van der Waals surface area contributed by atoms with Gasteiger partial charge in [0.15, 0.2) is 5.96 Å². The second-order valence-corrected chi connectivity index (χ2v) is 3.38. The van der Waals surface area contributed by atoms with Crippen LogP contribution < -0.4 is 28.6 Å². The minimum atomic E-state index is -0.134. The Kier molecular flexibility index (Phi) is 9.99. The highest BCUT2D eigenvalue weighted by molar-refractivity contribution is 5.99. The van der Waals surface area contributed by atoms with Crippen molar-refractivity contribution >= 4 is 48.1 Å². The van der Waals surface area contributed by atoms with E-state index < -0.39 is 0 Å². The summed E-state index contributed by atoms with van der Waals surface area (Å²) in [5, 5.41) is 3.85. The van der Waals surface area contributed by atoms with E-state index in [-0.39, 0.29) is 36.7 Å². The van der Waals surface area contributed by atoms with Gasteiger partial charge in [-0.1, -0.05) is 12.1 Å². The van der Waals surface area contributed by atoms with Crippen LogP contribution in [0, 0.1) is 0 Å². The van der Waals surface area contributed by atoms with Gasteiger partial charge in [0.05, 0.1) is 11.4 Å². The number of hydrazine groups is 1. The third-order valence-corrected chi connectivity index (χ3v) is 2.00. The molecule has 0 saturated carbocycles. The average Bonchev–Trinajstić information content (AvgIpc) is 2.29. The summed E-state index contributed by atoms with van der Waals surface area (Å²) in [6, 6.07) is 7.19. The number of hydrogen-bond donors (Lipinski definition) is 5. The molecule has 10 heteroatoms. The van der Waals surface area contributed by atoms with Crippen molar-refractivity contribution in [3.05, 3.63) is 29.8 Å². The molecule has 1 aromatic carbocycles. The third-order valence-electron chi connectivity index (χ3n) is 2.00. The Labute approximate surface area is 129 Å². The highest BCUT2D eigenvalue weighted by atomic mass is 35.5. The molecule has 0 bridgehead atoms. The summed E-state index contributed by atoms with van der Waals surface area (Å²) in [7, 11) is 0. The lowest BCUT2D eigenvalue weighted by Crippen LogP contribution is -2.26. The third kappa shape index (κ3) is 6.78. The van der Waals surface area contributed by atoms with Crippen molar-refractivity contribution in [3.8, 4) is 0 Å². The summed E-state index contributed by atoms with van der Waals surface area (Å²) in [4.78, 5) is 7.62. The molecular weight excluding hydrogens is 303 g/mol. The number of hydrogen-bond acceptors (Lipinski definition) is 4. The van der Waals surface area contributed by atoms with Crippen LogP contribution in [-0.4, -0.2) is 17.6 Å². The van der Waals surface area contributed by atoms with Gasteiger partial charge in [-0.25, -0.2) is 16.4 Å². The van der Waals surface area contributed by atoms with Crippen molar-refractivity contribution in [3.63, 3.8) is 0 Å². The molecule has 0 unspecified atom stereocenters. The fourth-order valence-electron chi connectivity index (χ4n) is 1.23. The fourth-order valence-corrected chi connectivity index (χ4v) is 1.23. The van der Waals surface area contributed by atoms with Crippen molar-refractivity contribution < 1.29 is 0 Å². The summed E-state index contributed by atoms with van der Waals surface area (Å²) in [5.74, 6) is 4.96. The van der Waals surface area contributed by atoms with Crippen molar-refractivity contribution in [1.29, 1.82) is 0 Å². The van der Waals surface area contributed by atoms with E-state index in [0.29, 0.717) is 5.69 Å². The lowest BCUT2D eigenvalue weighted by atomic mass is 10.1. The lowest BCUT2D eigenvalue weighted by molar-refractivity contribution is 0.805. The first-order valence-electron chi connectivity index (χ1n) is 5.07. The predicted molar refractivity (Wildman–Crippen MR) is 87.6 cm³/mol. The molecule has 112 valence electrons. The zero-order valence-electron chi connectivity index (χ0n) is 10.8. The first kappa shape index (κ1) is 20.3. The van der Waals surface area contributed by atoms with E-state index in [0.717, 1.165) is 11.3 Å². The van der Waals surface area contributed by atoms with Gasteiger partial charge >= 0.3 is 0 Å². The number of nitrogens with two attached hydrogens (primary N) is 4. The number of hydrazone groups is 1. The summed E-state index contributed by atoms with van der Waals surface area (Å²) in [6.07, 6.45) is 0. The molecule has 0 aliphatic heterocycles. The van der Waals surface area contributed by atoms with Gasteiger partial charge in [-0.15, -0.1) is 24.8 Å². The summed E-state index contributed by atoms with van der Waals surface area (Å²) in [5.41, 5.74) is 20.4. The Hall–Kier alpha value is -2.03. The van der Waals surface area contributed by atoms with Gasteiger partial charge in [0, 0.05) is 0 Å². The molecule has 1 aromatic rings. The number of aliphatic imine (C=N–C) groups is 2. The van der Waals surface area contributed by atoms with Crippen LogP contribution in [0.3, 0.4) is 0 Å². The molecular formula is C10H18Cl2N8. The molecule has 0 heterocycles. The predicted octanol–water partition coefficient (Wildman–Crippen LogP) is -0.0629. The Morgan fingerprint density at radius 2 is 1.60 bits per heavy atom. The Morgan fingerprint density at radius 1 is 1.05 bits per heavy atom. The molecule has 0 spiro atoms. The zero-order valence-corrected chi connectivity index (χ0v) is 12.4. The Balaban J connectivity index is 0. The summed E-state index contributed by atoms with van der Waals surface area (Å²) in [6.45, 7) is 1.83. The number of guanidine groups is 2. The number of halogens is 2. The van der Waals surface area contributed by atoms with E-state index in [9.17, 15) is 0 Å². The van der Waals surface area contributed by atoms with Crippen molar-refractivity contribution in [2.75, 3.05) is 0 Å². The van der Waals surface area contributed by atoms with Crippen LogP contribution >= 0.6 is 24.8 Å². The summed E-state index contributed by atoms with van der Waals surface area (Å²) < 4.78 is 0. The average molecular weight is 321 g/mol. The molecule has 0 saturated heterocycles. The second kappa shape index (κ2) is 9.84. The van der Waals surface area contributed by atoms with Gasteiger partial charge in [-0.3, -0.25) is 0 Å². The van der Waals surface area contributed by atoms with Crippen LogP contribution in [0.1, 0.15) is 12.5 Å². The maximum atomic E-state index is 5.50. The van der Waals surface area contributed by atoms with E-state index in [1.807, 2.05) is 19.1 Å². The lowest BCUT2D eigenvalue weighted by Gasteiger charge is -2.01. The van der Waals surface area contributed by atoms with Crippen LogP contribution in [0.2, 0.25) is 0 Å². The number of benzene rings is 1. The van der Waals surface area contributed by atoms with Gasteiger partial charge in [-0.2, -0.15) is 10.1 Å². The van der Waals surface area contributed by atoms with Crippen molar-refractivity contribution in [1.82, 2.24) is 5.53 Å². The molecule has 0 atom stereocenters. The number of rotatable bonds is 3. The van der Waals surface area contributed by atoms with Gasteiger partial charge in [0.1, 0.15) is 0 Å². The van der Waals surface area contributed by atoms with Crippen LogP contribution in [-0.2, 0) is 0 Å². The highest BCUT2D eigenvalue weighted by Crippen LogP contribution is 2.13. The molecule has 0 aromatic heterocycles. The smallest absolute Gasteiger partial charge is 0.223 e. The molecule has 0 aliphatic carbocycles. The second-order valence-electron chi connectivity index (χ2n) is 3.38. The molecule has 20 heavy (non-hydrogen) atoms. The first-order valence-corrected chi connectivity index (χ1v) is 5.07. The van der Waals surface area contributed by atoms with E-state index in [1.54, 1.807) is 12.1 Å². The largest absolute Gasteiger partial charge is 0.370 e. The minimum absolute atomic E-state index is 0. The summed E-state index contributed by atoms with van der Waals surface area (Å²) >= 11 is 0. The number of nitrogens with zero attached hydrogens (tertiary/aromatic N) is 3. The van der Waals surface area contributed by atoms with Gasteiger partial charge in [-0.05, 0) is 24.6 Å². The molecule has 1 rings (SSSR count). The van der Waals surface area contributed by atoms with Gasteiger partial charge in [0.2, 0.25) is 5.96 Å². The Bertz CT molecular complexity index is 490. The zero-order chi connectivity index (χ0) is 13.5. The standard InChI is InChI=1S/C10H16N8.2ClH/c1-6(17-18-14)7-2-4-8(5-3-7)15-10(13)16-9(11)12;;/h2-5,18H,14H2,1H3,(H6,11,12,13,15,16);2*1H. The topological polar surface area (TPSA) is 153 Å². The minimum Gasteiger partial charge on any atom is -0.370 e. The molecule has 0 radical (unpaired) electrons. The normalized spacial score (nSPS) is 10.9. The van der Waals surface area contributed by atoms with E-state index in [4.69, 9.17) is 23.0 Å².